The van der Waals surface area contributed by atoms with Gasteiger partial charge < -0.3 is 5.11 Å². The van der Waals surface area contributed by atoms with Crippen molar-refractivity contribution in [1.29, 1.82) is 0 Å². The lowest BCUT2D eigenvalue weighted by Gasteiger charge is -1.99. The molecule has 3 rings (SSSR count). The van der Waals surface area contributed by atoms with Gasteiger partial charge in [-0.2, -0.15) is 0 Å². The standard InChI is InChI=1S/C15H11NO2S2/c17-14(18)9-10(8-11-4-3-7-19-11)15-16-12-5-1-2-6-13(12)20-15/h1-8H,9H2,(H,17,18)/b10-8-. The summed E-state index contributed by atoms with van der Waals surface area (Å²) in [5.41, 5.74) is 1.66. The van der Waals surface area contributed by atoms with E-state index >= 15 is 0 Å². The third-order valence-corrected chi connectivity index (χ3v) is 4.70. The minimum Gasteiger partial charge on any atom is -0.481 e. The third kappa shape index (κ3) is 2.79. The molecule has 5 heteroatoms. The van der Waals surface area contributed by atoms with Crippen LogP contribution < -0.4 is 0 Å². The van der Waals surface area contributed by atoms with Gasteiger partial charge in [-0.25, -0.2) is 4.98 Å². The molecule has 20 heavy (non-hydrogen) atoms. The number of aromatic nitrogens is 1. The van der Waals surface area contributed by atoms with Crippen molar-refractivity contribution < 1.29 is 9.90 Å². The highest BCUT2D eigenvalue weighted by Gasteiger charge is 2.12. The van der Waals surface area contributed by atoms with Crippen molar-refractivity contribution in [2.75, 3.05) is 0 Å². The molecule has 0 aliphatic heterocycles. The predicted octanol–water partition coefficient (Wildman–Crippen LogP) is 4.37. The van der Waals surface area contributed by atoms with Crippen LogP contribution in [0.4, 0.5) is 0 Å². The number of para-hydroxylation sites is 1. The van der Waals surface area contributed by atoms with E-state index in [1.54, 1.807) is 11.3 Å². The predicted molar refractivity (Wildman–Crippen MR) is 84.1 cm³/mol. The lowest BCUT2D eigenvalue weighted by molar-refractivity contribution is -0.135. The van der Waals surface area contributed by atoms with Gasteiger partial charge >= 0.3 is 5.97 Å². The van der Waals surface area contributed by atoms with Gasteiger partial charge in [-0.3, -0.25) is 4.79 Å². The van der Waals surface area contributed by atoms with Crippen LogP contribution in [0.1, 0.15) is 16.3 Å². The van der Waals surface area contributed by atoms with Crippen LogP contribution in [-0.4, -0.2) is 16.1 Å². The van der Waals surface area contributed by atoms with E-state index in [4.69, 9.17) is 5.11 Å². The van der Waals surface area contributed by atoms with Crippen molar-refractivity contribution in [3.05, 3.63) is 51.7 Å². The lowest BCUT2D eigenvalue weighted by Crippen LogP contribution is -1.96. The molecule has 0 bridgehead atoms. The van der Waals surface area contributed by atoms with Gasteiger partial charge in [0.15, 0.2) is 0 Å². The molecule has 0 spiro atoms. The number of hydrogen-bond acceptors (Lipinski definition) is 4. The van der Waals surface area contributed by atoms with Gasteiger partial charge in [0, 0.05) is 10.5 Å². The van der Waals surface area contributed by atoms with E-state index in [0.29, 0.717) is 0 Å². The normalized spacial score (nSPS) is 11.9. The number of nitrogens with zero attached hydrogens (tertiary/aromatic N) is 1. The van der Waals surface area contributed by atoms with Gasteiger partial charge in [0.1, 0.15) is 5.01 Å². The summed E-state index contributed by atoms with van der Waals surface area (Å²) in [7, 11) is 0. The number of thiazole rings is 1. The molecule has 0 atom stereocenters. The van der Waals surface area contributed by atoms with Crippen LogP contribution in [0.2, 0.25) is 0 Å². The zero-order chi connectivity index (χ0) is 13.9. The number of hydrogen-bond donors (Lipinski definition) is 1. The zero-order valence-electron chi connectivity index (χ0n) is 10.4. The summed E-state index contributed by atoms with van der Waals surface area (Å²) in [6.07, 6.45) is 1.90. The monoisotopic (exact) mass is 301 g/mol. The lowest BCUT2D eigenvalue weighted by atomic mass is 10.1. The Morgan fingerprint density at radius 3 is 2.80 bits per heavy atom. The molecule has 0 fully saturated rings. The molecule has 0 aliphatic carbocycles. The van der Waals surface area contributed by atoms with Crippen LogP contribution >= 0.6 is 22.7 Å². The van der Waals surface area contributed by atoms with Gasteiger partial charge in [-0.1, -0.05) is 18.2 Å². The minimum absolute atomic E-state index is 0.0161. The van der Waals surface area contributed by atoms with Crippen LogP contribution in [0.15, 0.2) is 41.8 Å². The highest BCUT2D eigenvalue weighted by molar-refractivity contribution is 7.19. The van der Waals surface area contributed by atoms with Crippen molar-refractivity contribution in [2.45, 2.75) is 6.42 Å². The van der Waals surface area contributed by atoms with Crippen LogP contribution in [0, 0.1) is 0 Å². The quantitative estimate of drug-likeness (QED) is 0.778. The van der Waals surface area contributed by atoms with Crippen molar-refractivity contribution >= 4 is 50.5 Å². The second-order valence-electron chi connectivity index (χ2n) is 4.24. The number of benzene rings is 1. The van der Waals surface area contributed by atoms with Gasteiger partial charge in [-0.15, -0.1) is 22.7 Å². The van der Waals surface area contributed by atoms with Crippen LogP contribution in [0.3, 0.4) is 0 Å². The molecule has 2 heterocycles. The fourth-order valence-electron chi connectivity index (χ4n) is 1.91. The number of fused-ring (bicyclic) bond motifs is 1. The third-order valence-electron chi connectivity index (χ3n) is 2.77. The second-order valence-corrected chi connectivity index (χ2v) is 6.25. The fraction of sp³-hybridized carbons (Fsp3) is 0.0667. The highest BCUT2D eigenvalue weighted by atomic mass is 32.1. The topological polar surface area (TPSA) is 50.2 Å². The summed E-state index contributed by atoms with van der Waals surface area (Å²) in [6, 6.07) is 11.8. The minimum atomic E-state index is -0.841. The van der Waals surface area contributed by atoms with Crippen molar-refractivity contribution in [2.24, 2.45) is 0 Å². The maximum Gasteiger partial charge on any atom is 0.307 e. The van der Waals surface area contributed by atoms with E-state index in [9.17, 15) is 4.79 Å². The Labute approximate surface area is 123 Å². The van der Waals surface area contributed by atoms with Crippen molar-refractivity contribution in [3.8, 4) is 0 Å². The molecule has 0 saturated carbocycles. The molecule has 2 aromatic heterocycles. The summed E-state index contributed by atoms with van der Waals surface area (Å²) >= 11 is 3.12. The summed E-state index contributed by atoms with van der Waals surface area (Å²) in [6.45, 7) is 0. The number of carboxylic acid groups (broad SMARTS) is 1. The maximum absolute atomic E-state index is 11.1. The first kappa shape index (κ1) is 13.0. The average molecular weight is 301 g/mol. The van der Waals surface area contributed by atoms with Gasteiger partial charge in [0.2, 0.25) is 0 Å². The van der Waals surface area contributed by atoms with Crippen molar-refractivity contribution in [1.82, 2.24) is 4.98 Å². The zero-order valence-corrected chi connectivity index (χ0v) is 12.1. The van der Waals surface area contributed by atoms with Crippen LogP contribution in [0.25, 0.3) is 21.9 Å². The molecular weight excluding hydrogens is 290 g/mol. The molecule has 0 saturated heterocycles. The van der Waals surface area contributed by atoms with E-state index in [1.807, 2.05) is 47.9 Å². The first-order valence-electron chi connectivity index (χ1n) is 6.04. The molecule has 0 aliphatic rings. The number of rotatable bonds is 4. The van der Waals surface area contributed by atoms with E-state index in [-0.39, 0.29) is 6.42 Å². The van der Waals surface area contributed by atoms with Crippen LogP contribution in [0.5, 0.6) is 0 Å². The van der Waals surface area contributed by atoms with E-state index < -0.39 is 5.97 Å². The number of carboxylic acids is 1. The molecular formula is C15H11NO2S2. The summed E-state index contributed by atoms with van der Waals surface area (Å²) in [5.74, 6) is -0.841. The Morgan fingerprint density at radius 2 is 2.10 bits per heavy atom. The van der Waals surface area contributed by atoms with Gasteiger partial charge in [-0.05, 0) is 29.7 Å². The smallest absolute Gasteiger partial charge is 0.307 e. The average Bonchev–Trinajstić information content (AvgIpc) is 3.05. The fourth-order valence-corrected chi connectivity index (χ4v) is 3.57. The number of thiophene rings is 1. The molecule has 0 unspecified atom stereocenters. The van der Waals surface area contributed by atoms with Gasteiger partial charge in [0.25, 0.3) is 0 Å². The van der Waals surface area contributed by atoms with Crippen molar-refractivity contribution in [3.63, 3.8) is 0 Å². The summed E-state index contributed by atoms with van der Waals surface area (Å²) in [5, 5.41) is 11.8. The Morgan fingerprint density at radius 1 is 1.25 bits per heavy atom. The summed E-state index contributed by atoms with van der Waals surface area (Å²) < 4.78 is 1.07. The second kappa shape index (κ2) is 5.56. The van der Waals surface area contributed by atoms with E-state index in [1.165, 1.54) is 11.3 Å². The first-order chi connectivity index (χ1) is 9.72. The SMILES string of the molecule is O=C(O)C/C(=C/c1cccs1)c1nc2ccccc2s1. The molecule has 0 radical (unpaired) electrons. The molecule has 100 valence electrons. The highest BCUT2D eigenvalue weighted by Crippen LogP contribution is 2.30. The summed E-state index contributed by atoms with van der Waals surface area (Å²) in [4.78, 5) is 16.6. The Balaban J connectivity index is 2.06. The molecule has 3 nitrogen and oxygen atoms in total. The number of carbonyl (C=O) groups is 1. The van der Waals surface area contributed by atoms with E-state index in [0.717, 1.165) is 25.7 Å². The Bertz CT molecular complexity index is 739. The Kier molecular flexibility index (Phi) is 3.62. The Hall–Kier alpha value is -1.98. The molecule has 0 amide bonds. The van der Waals surface area contributed by atoms with Crippen LogP contribution in [-0.2, 0) is 4.79 Å². The molecule has 1 aromatic carbocycles. The number of aliphatic carboxylic acids is 1. The maximum atomic E-state index is 11.1. The largest absolute Gasteiger partial charge is 0.481 e. The van der Waals surface area contributed by atoms with Gasteiger partial charge in [0.05, 0.1) is 16.6 Å². The first-order valence-corrected chi connectivity index (χ1v) is 7.74. The van der Waals surface area contributed by atoms with E-state index in [2.05, 4.69) is 4.98 Å². The molecule has 3 aromatic rings. The molecule has 1 N–H and O–H groups in total.